The molecule has 0 spiro atoms. The van der Waals surface area contributed by atoms with Crippen molar-refractivity contribution in [2.24, 2.45) is 4.99 Å². The van der Waals surface area contributed by atoms with Gasteiger partial charge in [0.15, 0.2) is 0 Å². The number of nitrogens with zero attached hydrogens (tertiary/aromatic N) is 1. The lowest BCUT2D eigenvalue weighted by Crippen LogP contribution is -2.16. The Morgan fingerprint density at radius 3 is 3.25 bits per heavy atom. The summed E-state index contributed by atoms with van der Waals surface area (Å²) in [6.45, 7) is 2.14. The van der Waals surface area contributed by atoms with E-state index in [1.54, 1.807) is 17.7 Å². The van der Waals surface area contributed by atoms with Crippen molar-refractivity contribution in [1.29, 1.82) is 0 Å². The van der Waals surface area contributed by atoms with Crippen molar-refractivity contribution >= 4 is 34.3 Å². The number of hydrogen-bond donors (Lipinski definition) is 1. The highest BCUT2D eigenvalue weighted by Crippen LogP contribution is 2.38. The van der Waals surface area contributed by atoms with Crippen LogP contribution in [0.25, 0.3) is 0 Å². The van der Waals surface area contributed by atoms with E-state index < -0.39 is 0 Å². The predicted molar refractivity (Wildman–Crippen MR) is 53.6 cm³/mol. The summed E-state index contributed by atoms with van der Waals surface area (Å²) in [4.78, 5) is 5.55. The number of alkyl halides is 1. The van der Waals surface area contributed by atoms with E-state index in [2.05, 4.69) is 23.3 Å². The van der Waals surface area contributed by atoms with E-state index >= 15 is 0 Å². The summed E-state index contributed by atoms with van der Waals surface area (Å²) < 4.78 is 0. The van der Waals surface area contributed by atoms with Gasteiger partial charge in [-0.3, -0.25) is 0 Å². The van der Waals surface area contributed by atoms with Gasteiger partial charge in [-0.2, -0.15) is 0 Å². The normalized spacial score (nSPS) is 20.3. The second kappa shape index (κ2) is 3.07. The van der Waals surface area contributed by atoms with E-state index in [0.29, 0.717) is 0 Å². The molecule has 4 heteroatoms. The van der Waals surface area contributed by atoms with Crippen LogP contribution in [0, 0.1) is 0 Å². The summed E-state index contributed by atoms with van der Waals surface area (Å²) in [5.74, 6) is 0. The zero-order valence-corrected chi connectivity index (χ0v) is 8.25. The topological polar surface area (TPSA) is 24.4 Å². The average Bonchev–Trinajstić information content (AvgIpc) is 2.49. The molecule has 2 rings (SSSR count). The van der Waals surface area contributed by atoms with Crippen LogP contribution in [-0.4, -0.2) is 6.34 Å². The molecule has 1 atom stereocenters. The predicted octanol–water partition coefficient (Wildman–Crippen LogP) is 2.81. The van der Waals surface area contributed by atoms with Crippen molar-refractivity contribution in [1.82, 2.24) is 5.32 Å². The molecule has 1 aromatic rings. The quantitative estimate of drug-likeness (QED) is 0.547. The van der Waals surface area contributed by atoms with E-state index in [1.165, 1.54) is 4.88 Å². The summed E-state index contributed by atoms with van der Waals surface area (Å²) in [5, 5.41) is 4.00. The van der Waals surface area contributed by atoms with Crippen molar-refractivity contribution in [3.05, 3.63) is 16.5 Å². The Balaban J connectivity index is 2.45. The van der Waals surface area contributed by atoms with Gasteiger partial charge in [0.05, 0.1) is 6.34 Å². The monoisotopic (exact) mass is 200 g/mol. The number of thiophene rings is 1. The van der Waals surface area contributed by atoms with Gasteiger partial charge in [-0.25, -0.2) is 4.99 Å². The molecule has 1 aliphatic heterocycles. The number of halogens is 1. The largest absolute Gasteiger partial charge is 0.356 e. The minimum Gasteiger partial charge on any atom is -0.356 e. The molecule has 2 heterocycles. The maximum absolute atomic E-state index is 6.02. The Bertz CT molecular complexity index is 319. The average molecular weight is 201 g/mol. The van der Waals surface area contributed by atoms with Crippen molar-refractivity contribution in [2.45, 2.75) is 18.8 Å². The highest BCUT2D eigenvalue weighted by Gasteiger charge is 2.17. The van der Waals surface area contributed by atoms with Gasteiger partial charge in [0, 0.05) is 10.4 Å². The van der Waals surface area contributed by atoms with Gasteiger partial charge < -0.3 is 5.32 Å². The van der Waals surface area contributed by atoms with Crippen LogP contribution in [0.1, 0.15) is 22.9 Å². The molecule has 0 aliphatic carbocycles. The Labute approximate surface area is 80.3 Å². The molecule has 1 unspecified atom stereocenters. The fraction of sp³-hybridized carbons (Fsp3) is 0.375. The standard InChI is InChI=1S/C8H9ClN2S/c1-2-5-3-6-7(9)10-4-11-8(6)12-5/h3-4,7H,2H2,1H3,(H,10,11). The number of hydrogen-bond acceptors (Lipinski definition) is 3. The van der Waals surface area contributed by atoms with E-state index in [0.717, 1.165) is 17.0 Å². The van der Waals surface area contributed by atoms with Crippen LogP contribution < -0.4 is 5.32 Å². The van der Waals surface area contributed by atoms with Gasteiger partial charge in [-0.1, -0.05) is 18.5 Å². The lowest BCUT2D eigenvalue weighted by Gasteiger charge is -2.12. The zero-order chi connectivity index (χ0) is 8.55. The third-order valence-electron chi connectivity index (χ3n) is 1.82. The van der Waals surface area contributed by atoms with Gasteiger partial charge in [0.25, 0.3) is 0 Å². The molecule has 0 fully saturated rings. The number of aryl methyl sites for hydroxylation is 1. The lowest BCUT2D eigenvalue weighted by atomic mass is 10.2. The second-order valence-electron chi connectivity index (χ2n) is 2.61. The van der Waals surface area contributed by atoms with Crippen LogP contribution in [0.15, 0.2) is 11.1 Å². The first-order valence-electron chi connectivity index (χ1n) is 3.86. The molecule has 0 bridgehead atoms. The number of fused-ring (bicyclic) bond motifs is 1. The highest BCUT2D eigenvalue weighted by molar-refractivity contribution is 7.16. The summed E-state index contributed by atoms with van der Waals surface area (Å²) in [5.41, 5.74) is 1.01. The summed E-state index contributed by atoms with van der Waals surface area (Å²) in [6.07, 6.45) is 2.72. The Morgan fingerprint density at radius 2 is 2.58 bits per heavy atom. The molecule has 0 amide bonds. The van der Waals surface area contributed by atoms with Gasteiger partial charge in [-0.05, 0) is 12.5 Å². The molecule has 1 aromatic heterocycles. The highest BCUT2D eigenvalue weighted by atomic mass is 35.5. The van der Waals surface area contributed by atoms with Crippen LogP contribution in [0.2, 0.25) is 0 Å². The van der Waals surface area contributed by atoms with Gasteiger partial charge in [-0.15, -0.1) is 11.3 Å². The Morgan fingerprint density at radius 1 is 1.75 bits per heavy atom. The van der Waals surface area contributed by atoms with E-state index in [1.807, 2.05) is 0 Å². The van der Waals surface area contributed by atoms with Gasteiger partial charge in [0.2, 0.25) is 0 Å². The van der Waals surface area contributed by atoms with Crippen molar-refractivity contribution in [2.75, 3.05) is 0 Å². The maximum Gasteiger partial charge on any atom is 0.131 e. The fourth-order valence-electron chi connectivity index (χ4n) is 1.16. The minimum absolute atomic E-state index is 0.103. The first-order valence-corrected chi connectivity index (χ1v) is 5.12. The fourth-order valence-corrected chi connectivity index (χ4v) is 2.42. The van der Waals surface area contributed by atoms with E-state index in [-0.39, 0.29) is 5.50 Å². The lowest BCUT2D eigenvalue weighted by molar-refractivity contribution is 0.878. The van der Waals surface area contributed by atoms with E-state index in [9.17, 15) is 0 Å². The molecular weight excluding hydrogens is 192 g/mol. The molecule has 64 valence electrons. The number of rotatable bonds is 1. The molecule has 0 radical (unpaired) electrons. The molecule has 0 aromatic carbocycles. The zero-order valence-electron chi connectivity index (χ0n) is 6.67. The van der Waals surface area contributed by atoms with Crippen molar-refractivity contribution in [3.8, 4) is 0 Å². The molecular formula is C8H9ClN2S. The molecule has 0 saturated heterocycles. The minimum atomic E-state index is -0.103. The van der Waals surface area contributed by atoms with Crippen molar-refractivity contribution in [3.63, 3.8) is 0 Å². The Kier molecular flexibility index (Phi) is 2.07. The molecule has 2 nitrogen and oxygen atoms in total. The van der Waals surface area contributed by atoms with Crippen LogP contribution in [0.5, 0.6) is 0 Å². The number of nitrogens with one attached hydrogen (secondary N) is 1. The smallest absolute Gasteiger partial charge is 0.131 e. The first-order chi connectivity index (χ1) is 5.81. The van der Waals surface area contributed by atoms with E-state index in [4.69, 9.17) is 11.6 Å². The van der Waals surface area contributed by atoms with Crippen LogP contribution in [-0.2, 0) is 6.42 Å². The maximum atomic E-state index is 6.02. The van der Waals surface area contributed by atoms with Crippen LogP contribution >= 0.6 is 22.9 Å². The Hall–Kier alpha value is -0.540. The van der Waals surface area contributed by atoms with Gasteiger partial charge >= 0.3 is 0 Å². The second-order valence-corrected chi connectivity index (χ2v) is 4.17. The third kappa shape index (κ3) is 1.23. The van der Waals surface area contributed by atoms with Crippen molar-refractivity contribution < 1.29 is 0 Å². The summed E-state index contributed by atoms with van der Waals surface area (Å²) in [7, 11) is 0. The third-order valence-corrected chi connectivity index (χ3v) is 3.38. The van der Waals surface area contributed by atoms with Crippen LogP contribution in [0.4, 0.5) is 5.00 Å². The SMILES string of the molecule is CCc1cc2c(s1)N=CNC2Cl. The molecule has 0 saturated carbocycles. The first kappa shape index (κ1) is 8.08. The van der Waals surface area contributed by atoms with Crippen LogP contribution in [0.3, 0.4) is 0 Å². The summed E-state index contributed by atoms with van der Waals surface area (Å²) >= 11 is 7.74. The van der Waals surface area contributed by atoms with Gasteiger partial charge in [0.1, 0.15) is 10.5 Å². The molecule has 1 aliphatic rings. The molecule has 1 N–H and O–H groups in total. The molecule has 12 heavy (non-hydrogen) atoms. The summed E-state index contributed by atoms with van der Waals surface area (Å²) in [6, 6.07) is 2.13. The number of aliphatic imine (C=N–C) groups is 1.